The molecule has 2 aromatic rings. The van der Waals surface area contributed by atoms with E-state index in [1.165, 1.54) is 23.0 Å². The van der Waals surface area contributed by atoms with E-state index in [9.17, 15) is 10.1 Å². The molecule has 122 valence electrons. The highest BCUT2D eigenvalue weighted by molar-refractivity contribution is 14.1. The number of hydrogen-bond donors (Lipinski definition) is 0. The Hall–Kier alpha value is -1.51. The minimum absolute atomic E-state index is 0.268. The molecule has 1 aliphatic rings. The summed E-state index contributed by atoms with van der Waals surface area (Å²) in [6.07, 6.45) is 1.33. The van der Waals surface area contributed by atoms with E-state index in [4.69, 9.17) is 4.11 Å². The van der Waals surface area contributed by atoms with Crippen LogP contribution in [0, 0.1) is 14.9 Å². The van der Waals surface area contributed by atoms with Gasteiger partial charge in [0.15, 0.2) is 4.38 Å². The Morgan fingerprint density at radius 1 is 1.54 bits per heavy atom. The molecule has 1 aliphatic heterocycles. The van der Waals surface area contributed by atoms with E-state index in [0.717, 1.165) is 20.9 Å². The van der Waals surface area contributed by atoms with Crippen LogP contribution < -0.4 is 10.6 Å². The van der Waals surface area contributed by atoms with E-state index in [1.807, 2.05) is 18.2 Å². The highest BCUT2D eigenvalue weighted by Crippen LogP contribution is 2.36. The molecule has 0 radical (unpaired) electrons. The third-order valence-corrected chi connectivity index (χ3v) is 6.13. The third-order valence-electron chi connectivity index (χ3n) is 3.23. The van der Waals surface area contributed by atoms with Crippen LogP contribution in [0.3, 0.4) is 0 Å². The lowest BCUT2D eigenvalue weighted by atomic mass is 10.1. The molecule has 0 spiro atoms. The number of rotatable bonds is 2. The van der Waals surface area contributed by atoms with Gasteiger partial charge in [0, 0.05) is 27.5 Å². The molecule has 6 nitrogen and oxygen atoms in total. The van der Waals surface area contributed by atoms with Crippen LogP contribution >= 0.6 is 46.1 Å². The van der Waals surface area contributed by atoms with E-state index >= 15 is 0 Å². The Bertz CT molecular complexity index is 1030. The molecule has 0 aliphatic carbocycles. The molecular weight excluding hydrogens is 457 g/mol. The third kappa shape index (κ3) is 3.45. The minimum atomic E-state index is -2.64. The van der Waals surface area contributed by atoms with Crippen molar-refractivity contribution in [2.24, 2.45) is 12.1 Å². The number of fused-ring (bicyclic) bond motifs is 1. The van der Waals surface area contributed by atoms with Crippen LogP contribution in [0.5, 0.6) is 0 Å². The number of benzene rings is 1. The first kappa shape index (κ1) is 13.7. The normalized spacial score (nSPS) is 15.6. The highest BCUT2D eigenvalue weighted by atomic mass is 127. The van der Waals surface area contributed by atoms with Gasteiger partial charge in [-0.3, -0.25) is 9.80 Å². The van der Waals surface area contributed by atoms with Gasteiger partial charge in [-0.1, -0.05) is 29.6 Å². The Morgan fingerprint density at radius 3 is 3.12 bits per heavy atom. The summed E-state index contributed by atoms with van der Waals surface area (Å²) in [6, 6.07) is 7.82. The molecule has 0 N–H and O–H groups in total. The van der Waals surface area contributed by atoms with Gasteiger partial charge in [-0.25, -0.2) is 4.68 Å². The van der Waals surface area contributed by atoms with Crippen molar-refractivity contribution < 1.29 is 4.11 Å². The zero-order chi connectivity index (χ0) is 19.8. The van der Waals surface area contributed by atoms with Crippen LogP contribution in [0.15, 0.2) is 39.2 Å². The fourth-order valence-corrected chi connectivity index (χ4v) is 4.68. The lowest BCUT2D eigenvalue weighted by Gasteiger charge is -2.22. The summed E-state index contributed by atoms with van der Waals surface area (Å²) in [5, 5.41) is 18.9. The molecule has 0 saturated carbocycles. The second kappa shape index (κ2) is 7.16. The van der Waals surface area contributed by atoms with Crippen LogP contribution in [-0.4, -0.2) is 21.2 Å². The molecule has 0 atom stereocenters. The number of anilines is 1. The molecule has 0 bridgehead atoms. The monoisotopic (exact) mass is 472 g/mol. The Labute approximate surface area is 165 Å². The molecule has 0 fully saturated rings. The van der Waals surface area contributed by atoms with Gasteiger partial charge in [-0.05, 0) is 40.3 Å². The molecule has 2 heterocycles. The Balaban J connectivity index is 1.86. The zero-order valence-corrected chi connectivity index (χ0v) is 16.1. The van der Waals surface area contributed by atoms with E-state index in [0.29, 0.717) is 26.1 Å². The van der Waals surface area contributed by atoms with Crippen LogP contribution in [0.1, 0.15) is 15.2 Å². The number of nitrogens with zero attached hydrogens (tertiary/aromatic N) is 5. The maximum atomic E-state index is 12.5. The van der Waals surface area contributed by atoms with Crippen molar-refractivity contribution >= 4 is 56.2 Å². The van der Waals surface area contributed by atoms with Crippen molar-refractivity contribution in [2.45, 2.75) is 10.6 Å². The van der Waals surface area contributed by atoms with Crippen LogP contribution in [0.4, 0.5) is 5.69 Å². The molecule has 9 heteroatoms. The summed E-state index contributed by atoms with van der Waals surface area (Å²) in [5.41, 5.74) is 1.25. The first-order valence-electron chi connectivity index (χ1n) is 8.15. The molecule has 0 amide bonds. The predicted molar refractivity (Wildman–Crippen MR) is 106 cm³/mol. The van der Waals surface area contributed by atoms with Gasteiger partial charge in [0.1, 0.15) is 4.90 Å². The molecular formula is C15H12IN5OS2. The number of hydrogen-bond acceptors (Lipinski definition) is 7. The van der Waals surface area contributed by atoms with Crippen LogP contribution in [-0.2, 0) is 12.7 Å². The van der Waals surface area contributed by atoms with Gasteiger partial charge in [0.05, 0.1) is 23.5 Å². The molecule has 3 rings (SSSR count). The maximum Gasteiger partial charge on any atom is 0.282 e. The van der Waals surface area contributed by atoms with Gasteiger partial charge in [0.2, 0.25) is 0 Å². The van der Waals surface area contributed by atoms with E-state index < -0.39 is 12.5 Å². The van der Waals surface area contributed by atoms with E-state index in [-0.39, 0.29) is 4.90 Å². The fraction of sp³-hybridized carbons (Fsp3) is 0.200. The molecule has 24 heavy (non-hydrogen) atoms. The minimum Gasteiger partial charge on any atom is -0.266 e. The number of aromatic nitrogens is 2. The topological polar surface area (TPSA) is 74.3 Å². The number of nitriles is 1. The van der Waals surface area contributed by atoms with Crippen molar-refractivity contribution in [1.29, 1.82) is 5.26 Å². The SMILES string of the molecule is [2H]C([2H])([2H])n1ncc2c(c1=O)SC(SCc1ccc(I)cc1C#N)=NN2C. The lowest BCUT2D eigenvalue weighted by Crippen LogP contribution is -2.27. The average molecular weight is 472 g/mol. The largest absolute Gasteiger partial charge is 0.282 e. The van der Waals surface area contributed by atoms with Gasteiger partial charge < -0.3 is 0 Å². The number of aryl methyl sites for hydroxylation is 1. The molecule has 0 saturated heterocycles. The van der Waals surface area contributed by atoms with Crippen LogP contribution in [0.25, 0.3) is 0 Å². The van der Waals surface area contributed by atoms with E-state index in [2.05, 4.69) is 38.9 Å². The molecule has 0 unspecified atom stereocenters. The quantitative estimate of drug-likeness (QED) is 0.626. The van der Waals surface area contributed by atoms with Gasteiger partial charge in [-0.15, -0.1) is 0 Å². The van der Waals surface area contributed by atoms with Gasteiger partial charge in [-0.2, -0.15) is 15.5 Å². The summed E-state index contributed by atoms with van der Waals surface area (Å²) in [7, 11) is 1.67. The summed E-state index contributed by atoms with van der Waals surface area (Å²) in [6.45, 7) is -2.64. The second-order valence-electron chi connectivity index (χ2n) is 4.77. The number of halogens is 1. The van der Waals surface area contributed by atoms with Gasteiger partial charge >= 0.3 is 0 Å². The van der Waals surface area contributed by atoms with Crippen molar-refractivity contribution in [3.8, 4) is 6.07 Å². The van der Waals surface area contributed by atoms with Crippen molar-refractivity contribution in [1.82, 2.24) is 9.78 Å². The average Bonchev–Trinajstić information content (AvgIpc) is 2.60. The zero-order valence-electron chi connectivity index (χ0n) is 15.4. The standard InChI is InChI=1S/C15H12IN5OS2/c1-20-12-7-18-21(2)14(22)13(12)24-15(19-20)23-8-9-3-4-11(16)5-10(9)6-17/h3-5,7H,8H2,1-2H3/i2D3. The van der Waals surface area contributed by atoms with Gasteiger partial charge in [0.25, 0.3) is 5.56 Å². The number of thioether (sulfide) groups is 2. The maximum absolute atomic E-state index is 12.5. The summed E-state index contributed by atoms with van der Waals surface area (Å²) >= 11 is 4.65. The van der Waals surface area contributed by atoms with Crippen LogP contribution in [0.2, 0.25) is 0 Å². The molecule has 1 aromatic carbocycles. The summed E-state index contributed by atoms with van der Waals surface area (Å²) in [4.78, 5) is 12.8. The molecule has 1 aromatic heterocycles. The Morgan fingerprint density at radius 2 is 2.38 bits per heavy atom. The van der Waals surface area contributed by atoms with E-state index in [1.54, 1.807) is 7.05 Å². The smallest absolute Gasteiger partial charge is 0.266 e. The highest BCUT2D eigenvalue weighted by Gasteiger charge is 2.22. The number of hydrazone groups is 1. The second-order valence-corrected chi connectivity index (χ2v) is 8.24. The first-order valence-corrected chi connectivity index (χ1v) is 9.53. The lowest BCUT2D eigenvalue weighted by molar-refractivity contribution is 0.684. The predicted octanol–water partition coefficient (Wildman–Crippen LogP) is 3.00. The van der Waals surface area contributed by atoms with Crippen molar-refractivity contribution in [2.75, 3.05) is 12.1 Å². The Kier molecular flexibility index (Phi) is 4.10. The van der Waals surface area contributed by atoms with Crippen molar-refractivity contribution in [3.05, 3.63) is 49.4 Å². The summed E-state index contributed by atoms with van der Waals surface area (Å²) < 4.78 is 24.4. The summed E-state index contributed by atoms with van der Waals surface area (Å²) in [5.74, 6) is 0.507. The first-order chi connectivity index (χ1) is 12.7. The van der Waals surface area contributed by atoms with Crippen molar-refractivity contribution in [3.63, 3.8) is 0 Å². The fourth-order valence-electron chi connectivity index (χ4n) is 2.02.